The van der Waals surface area contributed by atoms with Crippen LogP contribution >= 0.6 is 0 Å². The van der Waals surface area contributed by atoms with E-state index in [9.17, 15) is 0 Å². The Morgan fingerprint density at radius 1 is 0.146 bits per heavy atom. The molecule has 0 radical (unpaired) electrons. The highest BCUT2D eigenvalue weighted by atomic mass is 16.5. The summed E-state index contributed by atoms with van der Waals surface area (Å²) in [5.41, 5.74) is 38.4. The summed E-state index contributed by atoms with van der Waals surface area (Å²) >= 11 is 0. The Morgan fingerprint density at radius 3 is 0.837 bits per heavy atom. The van der Waals surface area contributed by atoms with Crippen molar-refractivity contribution in [1.29, 1.82) is 0 Å². The fourth-order valence-electron chi connectivity index (χ4n) is 19.4. The number of fused-ring (bicyclic) bond motifs is 12. The first kappa shape index (κ1) is 74.3. The molecule has 0 spiro atoms. The molecule has 6 aliphatic heterocycles. The van der Waals surface area contributed by atoms with E-state index in [-0.39, 0.29) is 20.1 Å². The molecule has 6 aliphatic rings. The minimum Gasteiger partial charge on any atom is -0.458 e. The first-order valence-electron chi connectivity index (χ1n) is 42.4. The van der Waals surface area contributed by atoms with Crippen molar-refractivity contribution in [3.05, 3.63) is 416 Å². The molecule has 0 atom stereocenters. The van der Waals surface area contributed by atoms with Gasteiger partial charge in [-0.1, -0.05) is 328 Å². The number of hydrogen-bond donors (Lipinski definition) is 0. The van der Waals surface area contributed by atoms with Gasteiger partial charge in [0.2, 0.25) is 0 Å². The molecule has 0 bridgehead atoms. The summed E-state index contributed by atoms with van der Waals surface area (Å²) in [5, 5.41) is 0. The molecule has 0 fully saturated rings. The fraction of sp³-hybridized carbons (Fsp3) is 0.0526. The third kappa shape index (κ3) is 13.1. The van der Waals surface area contributed by atoms with Crippen LogP contribution < -0.4 is 77.6 Å². The molecule has 18 aromatic rings. The van der Waals surface area contributed by atoms with E-state index in [0.717, 1.165) is 157 Å². The highest BCUT2D eigenvalue weighted by Crippen LogP contribution is 2.48. The average Bonchev–Trinajstić information content (AvgIpc) is 0.724. The van der Waals surface area contributed by atoms with Crippen LogP contribution in [0.4, 0.5) is 0 Å². The summed E-state index contributed by atoms with van der Waals surface area (Å²) < 4.78 is 40.8. The molecule has 0 amide bonds. The molecule has 18 aromatic carbocycles. The molecular weight excluding hydrogens is 1500 g/mol. The normalized spacial score (nSPS) is 12.5. The van der Waals surface area contributed by atoms with Crippen LogP contribution in [0.3, 0.4) is 0 Å². The van der Waals surface area contributed by atoms with Gasteiger partial charge in [-0.25, -0.2) is 0 Å². The van der Waals surface area contributed by atoms with Crippen LogP contribution in [0.1, 0.15) is 33.4 Å². The number of aryl methyl sites for hydroxylation is 6. The number of ether oxygens (including phenoxy) is 6. The van der Waals surface area contributed by atoms with Crippen molar-refractivity contribution < 1.29 is 28.4 Å². The maximum Gasteiger partial charge on any atom is 0.260 e. The molecule has 0 N–H and O–H groups in total. The van der Waals surface area contributed by atoms with E-state index in [4.69, 9.17) is 28.4 Å². The molecule has 0 saturated carbocycles. The molecule has 0 aromatic heterocycles. The minimum atomic E-state index is -0.0126. The number of benzene rings is 18. The van der Waals surface area contributed by atoms with E-state index in [1.165, 1.54) is 94.4 Å². The van der Waals surface area contributed by atoms with E-state index >= 15 is 0 Å². The van der Waals surface area contributed by atoms with Gasteiger partial charge in [0.15, 0.2) is 0 Å². The number of hydrogen-bond acceptors (Lipinski definition) is 6. The zero-order valence-electron chi connectivity index (χ0n) is 69.1. The Bertz CT molecular complexity index is 7300. The Morgan fingerprint density at radius 2 is 0.423 bits per heavy atom. The lowest BCUT2D eigenvalue weighted by Crippen LogP contribution is -2.57. The Hall–Kier alpha value is -15.0. The third-order valence-corrected chi connectivity index (χ3v) is 25.5. The molecule has 6 heterocycles. The van der Waals surface area contributed by atoms with Gasteiger partial charge in [-0.05, 0) is 246 Å². The SMILES string of the molecule is Cc1ccccc1-c1cc2c3c(c1)Oc1c(cccc1-c1ccccc1C)B3c1cc(-c3ccccc3)ccc1O2.Cc1ccccc1-c1cc2c3c(c1)Oc1c(cccc1-c1ccccc1C)B3c1cc(-c3ccccc3C)ccc1O2.Cc1ccccc1-c1ccc2c(c1)Oc1cc(-c3ccccc3)cc3c1B2c1cccc(-c2ccccc2)c1O3. The van der Waals surface area contributed by atoms with Crippen LogP contribution in [0.25, 0.3) is 100 Å². The van der Waals surface area contributed by atoms with E-state index in [1.54, 1.807) is 0 Å². The highest BCUT2D eigenvalue weighted by Gasteiger charge is 2.46. The van der Waals surface area contributed by atoms with Crippen LogP contribution in [0.15, 0.2) is 382 Å². The van der Waals surface area contributed by atoms with Crippen molar-refractivity contribution in [3.63, 3.8) is 0 Å². The lowest BCUT2D eigenvalue weighted by Gasteiger charge is -2.34. The van der Waals surface area contributed by atoms with Gasteiger partial charge >= 0.3 is 0 Å². The summed E-state index contributed by atoms with van der Waals surface area (Å²) in [4.78, 5) is 0. The lowest BCUT2D eigenvalue weighted by atomic mass is 9.34. The predicted octanol–water partition coefficient (Wildman–Crippen LogP) is 24.1. The van der Waals surface area contributed by atoms with Crippen LogP contribution in [-0.4, -0.2) is 20.1 Å². The smallest absolute Gasteiger partial charge is 0.260 e. The molecule has 24 rings (SSSR count). The summed E-state index contributed by atoms with van der Waals surface area (Å²) in [7, 11) is 0. The average molecular weight is 1580 g/mol. The summed E-state index contributed by atoms with van der Waals surface area (Å²) in [6, 6.07) is 135. The van der Waals surface area contributed by atoms with Gasteiger partial charge in [-0.3, -0.25) is 0 Å². The zero-order valence-corrected chi connectivity index (χ0v) is 69.1. The number of para-hydroxylation sites is 3. The molecule has 123 heavy (non-hydrogen) atoms. The summed E-state index contributed by atoms with van der Waals surface area (Å²) in [5.74, 6) is 10.6. The van der Waals surface area contributed by atoms with Gasteiger partial charge in [0.05, 0.1) is 0 Å². The predicted molar refractivity (Wildman–Crippen MR) is 510 cm³/mol. The van der Waals surface area contributed by atoms with Gasteiger partial charge in [0, 0.05) is 33.1 Å². The monoisotopic (exact) mass is 1580 g/mol. The maximum absolute atomic E-state index is 6.94. The Balaban J connectivity index is 0.000000110. The topological polar surface area (TPSA) is 55.4 Å². The second-order valence-corrected chi connectivity index (χ2v) is 33.0. The maximum atomic E-state index is 6.94. The van der Waals surface area contributed by atoms with E-state index < -0.39 is 0 Å². The van der Waals surface area contributed by atoms with Crippen molar-refractivity contribution in [3.8, 4) is 169 Å². The Kier molecular flexibility index (Phi) is 18.5. The fourth-order valence-corrected chi connectivity index (χ4v) is 19.4. The molecule has 0 saturated heterocycles. The molecule has 0 unspecified atom stereocenters. The second-order valence-electron chi connectivity index (χ2n) is 33.0. The van der Waals surface area contributed by atoms with Crippen LogP contribution in [-0.2, 0) is 0 Å². The van der Waals surface area contributed by atoms with Crippen molar-refractivity contribution in [1.82, 2.24) is 0 Å². The summed E-state index contributed by atoms with van der Waals surface area (Å²) in [6.07, 6.45) is 0. The third-order valence-electron chi connectivity index (χ3n) is 25.5. The zero-order chi connectivity index (χ0) is 82.5. The second kappa shape index (κ2) is 30.6. The van der Waals surface area contributed by atoms with Crippen LogP contribution in [0.5, 0.6) is 69.0 Å². The first-order chi connectivity index (χ1) is 60.5. The first-order valence-corrected chi connectivity index (χ1v) is 42.4. The largest absolute Gasteiger partial charge is 0.458 e. The highest BCUT2D eigenvalue weighted by molar-refractivity contribution is 7.00. The van der Waals surface area contributed by atoms with Crippen molar-refractivity contribution >= 4 is 69.3 Å². The van der Waals surface area contributed by atoms with Crippen molar-refractivity contribution in [2.24, 2.45) is 0 Å². The van der Waals surface area contributed by atoms with Gasteiger partial charge in [-0.15, -0.1) is 0 Å². The van der Waals surface area contributed by atoms with Gasteiger partial charge < -0.3 is 28.4 Å². The van der Waals surface area contributed by atoms with Crippen LogP contribution in [0.2, 0.25) is 0 Å². The van der Waals surface area contributed by atoms with Gasteiger partial charge in [0.25, 0.3) is 20.1 Å². The molecule has 582 valence electrons. The Labute approximate surface area is 719 Å². The standard InChI is InChI=1S/C39H29BO2.C38H27BO2.C37H25BO2/c1-24-11-4-7-14-29(24)27-19-20-35-34(21-27)40-33-18-10-17-32(31-16-9-6-13-26(31)3)39(33)42-37-23-28(22-36(41-35)38(37)40)30-15-8-5-12-25(30)2;1-24-11-6-8-15-29(24)28-22-35-37-36(23-28)41-38-31(30-16-9-7-12-25(30)2)17-10-18-32(38)39(37)33-21-27(19-20-34(33)40-35)26-13-4-3-5-14-26;1-24-11-8-9-16-29(24)27-19-20-31-33(21-27)39-34-22-28(25-12-4-2-5-13-25)23-35-36(34)38(31)32-18-10-17-30(37(32)40-35)26-14-6-3-7-15-26/h4-23H,1-3H3;3-23H,1-2H3;2-23H,1H3. The van der Waals surface area contributed by atoms with Crippen molar-refractivity contribution in [2.45, 2.75) is 41.5 Å². The summed E-state index contributed by atoms with van der Waals surface area (Å²) in [6.45, 7) is 12.9. The molecular formula is C114H81B3O6. The lowest BCUT2D eigenvalue weighted by molar-refractivity contribution is 0.465. The molecule has 9 heteroatoms. The quantitative estimate of drug-likeness (QED) is 0.134. The minimum absolute atomic E-state index is 0.00829. The van der Waals surface area contributed by atoms with E-state index in [0.29, 0.717) is 0 Å². The van der Waals surface area contributed by atoms with Crippen molar-refractivity contribution in [2.75, 3.05) is 0 Å². The van der Waals surface area contributed by atoms with E-state index in [2.05, 4.69) is 412 Å². The number of rotatable bonds is 9. The van der Waals surface area contributed by atoms with Gasteiger partial charge in [-0.2, -0.15) is 0 Å². The molecule has 0 aliphatic carbocycles. The van der Waals surface area contributed by atoms with Gasteiger partial charge in [0.1, 0.15) is 69.0 Å². The van der Waals surface area contributed by atoms with E-state index in [1.807, 2.05) is 12.1 Å². The van der Waals surface area contributed by atoms with Crippen LogP contribution in [0, 0.1) is 41.5 Å². The molecule has 6 nitrogen and oxygen atoms in total.